The van der Waals surface area contributed by atoms with E-state index in [1.165, 1.54) is 12.1 Å². The van der Waals surface area contributed by atoms with Crippen LogP contribution in [0.3, 0.4) is 0 Å². The van der Waals surface area contributed by atoms with Crippen molar-refractivity contribution in [2.45, 2.75) is 25.8 Å². The van der Waals surface area contributed by atoms with Gasteiger partial charge in [-0.2, -0.15) is 0 Å². The number of benzene rings is 1. The van der Waals surface area contributed by atoms with E-state index >= 15 is 0 Å². The van der Waals surface area contributed by atoms with Crippen molar-refractivity contribution >= 4 is 5.91 Å². The first-order valence-corrected chi connectivity index (χ1v) is 6.78. The van der Waals surface area contributed by atoms with Crippen molar-refractivity contribution in [2.24, 2.45) is 0 Å². The van der Waals surface area contributed by atoms with Gasteiger partial charge in [0.25, 0.3) is 0 Å². The molecule has 104 valence electrons. The summed E-state index contributed by atoms with van der Waals surface area (Å²) in [6, 6.07) is 6.79. The van der Waals surface area contributed by atoms with Gasteiger partial charge in [-0.15, -0.1) is 0 Å². The van der Waals surface area contributed by atoms with Crippen LogP contribution in [-0.2, 0) is 11.2 Å². The van der Waals surface area contributed by atoms with Crippen molar-refractivity contribution < 1.29 is 9.18 Å². The van der Waals surface area contributed by atoms with Gasteiger partial charge in [-0.05, 0) is 38.1 Å². The van der Waals surface area contributed by atoms with E-state index in [-0.39, 0.29) is 11.7 Å². The van der Waals surface area contributed by atoms with Gasteiger partial charge >= 0.3 is 0 Å². The number of carbonyl (C=O) groups is 1. The topological polar surface area (TPSA) is 23.6 Å². The SMILES string of the molecule is CC1CN(C(=O)CCc2ccc(F)cc2)CCN1C. The Kier molecular flexibility index (Phi) is 4.53. The Morgan fingerprint density at radius 3 is 2.63 bits per heavy atom. The molecular formula is C15H21FN2O. The number of carbonyl (C=O) groups excluding carboxylic acids is 1. The van der Waals surface area contributed by atoms with Crippen molar-refractivity contribution in [2.75, 3.05) is 26.7 Å². The highest BCUT2D eigenvalue weighted by atomic mass is 19.1. The summed E-state index contributed by atoms with van der Waals surface area (Å²) in [5, 5.41) is 0. The molecule has 1 fully saturated rings. The summed E-state index contributed by atoms with van der Waals surface area (Å²) in [6.45, 7) is 4.69. The summed E-state index contributed by atoms with van der Waals surface area (Å²) in [7, 11) is 2.09. The molecule has 1 aromatic rings. The molecule has 0 aromatic heterocycles. The lowest BCUT2D eigenvalue weighted by Crippen LogP contribution is -2.52. The van der Waals surface area contributed by atoms with Crippen LogP contribution >= 0.6 is 0 Å². The summed E-state index contributed by atoms with van der Waals surface area (Å²) in [5.74, 6) is -0.0350. The molecule has 1 aromatic carbocycles. The highest BCUT2D eigenvalue weighted by Gasteiger charge is 2.23. The fourth-order valence-corrected chi connectivity index (χ4v) is 2.34. The van der Waals surface area contributed by atoms with E-state index in [1.54, 1.807) is 12.1 Å². The lowest BCUT2D eigenvalue weighted by molar-refractivity contribution is -0.133. The number of halogens is 1. The second-order valence-electron chi connectivity index (χ2n) is 5.30. The van der Waals surface area contributed by atoms with E-state index < -0.39 is 0 Å². The van der Waals surface area contributed by atoms with E-state index in [0.29, 0.717) is 18.9 Å². The quantitative estimate of drug-likeness (QED) is 0.832. The second kappa shape index (κ2) is 6.15. The highest BCUT2D eigenvalue weighted by molar-refractivity contribution is 5.76. The van der Waals surface area contributed by atoms with Crippen molar-refractivity contribution in [1.82, 2.24) is 9.80 Å². The summed E-state index contributed by atoms with van der Waals surface area (Å²) < 4.78 is 12.8. The summed E-state index contributed by atoms with van der Waals surface area (Å²) in [4.78, 5) is 16.3. The fourth-order valence-electron chi connectivity index (χ4n) is 2.34. The number of likely N-dealkylation sites (N-methyl/N-ethyl adjacent to an activating group) is 1. The minimum atomic E-state index is -0.233. The van der Waals surface area contributed by atoms with Crippen LogP contribution in [0.4, 0.5) is 4.39 Å². The molecule has 2 rings (SSSR count). The maximum Gasteiger partial charge on any atom is 0.222 e. The molecule has 19 heavy (non-hydrogen) atoms. The average molecular weight is 264 g/mol. The highest BCUT2D eigenvalue weighted by Crippen LogP contribution is 2.11. The maximum absolute atomic E-state index is 12.8. The number of piperazine rings is 1. The molecule has 0 aliphatic carbocycles. The molecule has 1 heterocycles. The van der Waals surface area contributed by atoms with Gasteiger partial charge in [-0.1, -0.05) is 12.1 Å². The molecule has 1 saturated heterocycles. The Balaban J connectivity index is 1.83. The van der Waals surface area contributed by atoms with Crippen LogP contribution in [-0.4, -0.2) is 48.4 Å². The number of hydrogen-bond donors (Lipinski definition) is 0. The maximum atomic E-state index is 12.8. The van der Waals surface area contributed by atoms with Crippen LogP contribution < -0.4 is 0 Å². The first-order chi connectivity index (χ1) is 9.06. The van der Waals surface area contributed by atoms with Gasteiger partial charge in [-0.25, -0.2) is 4.39 Å². The zero-order chi connectivity index (χ0) is 13.8. The largest absolute Gasteiger partial charge is 0.340 e. The predicted molar refractivity (Wildman–Crippen MR) is 73.4 cm³/mol. The molecule has 1 aliphatic heterocycles. The molecule has 0 saturated carbocycles. The minimum absolute atomic E-state index is 0.198. The number of nitrogens with zero attached hydrogens (tertiary/aromatic N) is 2. The number of rotatable bonds is 3. The molecule has 0 spiro atoms. The molecular weight excluding hydrogens is 243 g/mol. The van der Waals surface area contributed by atoms with Crippen molar-refractivity contribution in [3.05, 3.63) is 35.6 Å². The average Bonchev–Trinajstić information content (AvgIpc) is 2.41. The van der Waals surface area contributed by atoms with Gasteiger partial charge in [-0.3, -0.25) is 4.79 Å². The van der Waals surface area contributed by atoms with Crippen molar-refractivity contribution in [1.29, 1.82) is 0 Å². The zero-order valence-electron chi connectivity index (χ0n) is 11.6. The van der Waals surface area contributed by atoms with E-state index in [4.69, 9.17) is 0 Å². The molecule has 0 bridgehead atoms. The Morgan fingerprint density at radius 2 is 2.00 bits per heavy atom. The molecule has 0 N–H and O–H groups in total. The van der Waals surface area contributed by atoms with E-state index in [1.807, 2.05) is 4.90 Å². The van der Waals surface area contributed by atoms with Crippen LogP contribution in [0.2, 0.25) is 0 Å². The first-order valence-electron chi connectivity index (χ1n) is 6.78. The lowest BCUT2D eigenvalue weighted by Gasteiger charge is -2.37. The molecule has 1 atom stereocenters. The third-order valence-corrected chi connectivity index (χ3v) is 3.85. The Bertz CT molecular complexity index is 432. The van der Waals surface area contributed by atoms with E-state index in [9.17, 15) is 9.18 Å². The van der Waals surface area contributed by atoms with Gasteiger partial charge in [0.2, 0.25) is 5.91 Å². The third kappa shape index (κ3) is 3.77. The smallest absolute Gasteiger partial charge is 0.222 e. The third-order valence-electron chi connectivity index (χ3n) is 3.85. The van der Waals surface area contributed by atoms with Crippen molar-refractivity contribution in [3.63, 3.8) is 0 Å². The molecule has 0 radical (unpaired) electrons. The van der Waals surface area contributed by atoms with Gasteiger partial charge in [0.05, 0.1) is 0 Å². The fraction of sp³-hybridized carbons (Fsp3) is 0.533. The van der Waals surface area contributed by atoms with Crippen LogP contribution in [0.1, 0.15) is 18.9 Å². The lowest BCUT2D eigenvalue weighted by atomic mass is 10.1. The Hall–Kier alpha value is -1.42. The minimum Gasteiger partial charge on any atom is -0.340 e. The van der Waals surface area contributed by atoms with Gasteiger partial charge in [0.1, 0.15) is 5.82 Å². The normalized spacial score (nSPS) is 20.6. The molecule has 1 amide bonds. The summed E-state index contributed by atoms with van der Waals surface area (Å²) >= 11 is 0. The first kappa shape index (κ1) is 14.0. The Morgan fingerprint density at radius 1 is 1.32 bits per heavy atom. The van der Waals surface area contributed by atoms with E-state index in [2.05, 4.69) is 18.9 Å². The zero-order valence-corrected chi connectivity index (χ0v) is 11.6. The van der Waals surface area contributed by atoms with Crippen molar-refractivity contribution in [3.8, 4) is 0 Å². The molecule has 3 nitrogen and oxygen atoms in total. The standard InChI is InChI=1S/C15H21FN2O/c1-12-11-18(10-9-17(12)2)15(19)8-5-13-3-6-14(16)7-4-13/h3-4,6-7,12H,5,8-11H2,1-2H3. The number of amides is 1. The van der Waals surface area contributed by atoms with Gasteiger partial charge < -0.3 is 9.80 Å². The van der Waals surface area contributed by atoms with Crippen LogP contribution in [0.5, 0.6) is 0 Å². The van der Waals surface area contributed by atoms with Gasteiger partial charge in [0.15, 0.2) is 0 Å². The van der Waals surface area contributed by atoms with Crippen LogP contribution in [0.25, 0.3) is 0 Å². The monoisotopic (exact) mass is 264 g/mol. The number of aryl methyl sites for hydroxylation is 1. The van der Waals surface area contributed by atoms with Crippen LogP contribution in [0.15, 0.2) is 24.3 Å². The van der Waals surface area contributed by atoms with Gasteiger partial charge in [0, 0.05) is 32.1 Å². The number of hydrogen-bond acceptors (Lipinski definition) is 2. The second-order valence-corrected chi connectivity index (χ2v) is 5.30. The predicted octanol–water partition coefficient (Wildman–Crippen LogP) is 1.92. The van der Waals surface area contributed by atoms with E-state index in [0.717, 1.165) is 25.2 Å². The Labute approximate surface area is 114 Å². The summed E-state index contributed by atoms with van der Waals surface area (Å²) in [6.07, 6.45) is 1.18. The van der Waals surface area contributed by atoms with Crippen LogP contribution in [0, 0.1) is 5.82 Å². The summed E-state index contributed by atoms with van der Waals surface area (Å²) in [5.41, 5.74) is 1.01. The molecule has 1 unspecified atom stereocenters. The molecule has 4 heteroatoms. The molecule has 1 aliphatic rings.